The van der Waals surface area contributed by atoms with Gasteiger partial charge in [-0.05, 0) is 32.1 Å². The highest BCUT2D eigenvalue weighted by Crippen LogP contribution is 2.40. The fraction of sp³-hybridized carbons (Fsp3) is 1.00. The Hall–Kier alpha value is -0.0800. The molecule has 0 amide bonds. The van der Waals surface area contributed by atoms with Crippen LogP contribution in [0.25, 0.3) is 0 Å². The largest absolute Gasteiger partial charge is 0.392 e. The van der Waals surface area contributed by atoms with E-state index in [1.807, 2.05) is 6.92 Å². The molecule has 0 aromatic carbocycles. The van der Waals surface area contributed by atoms with Crippen molar-refractivity contribution in [1.29, 1.82) is 0 Å². The minimum atomic E-state index is -0.216. The molecule has 1 rings (SSSR count). The molecule has 0 aliphatic heterocycles. The van der Waals surface area contributed by atoms with Gasteiger partial charge < -0.3 is 10.4 Å². The third-order valence-electron chi connectivity index (χ3n) is 2.55. The first-order chi connectivity index (χ1) is 5.11. The Bertz CT molecular complexity index is 125. The molecule has 66 valence electrons. The maximum Gasteiger partial charge on any atom is 0.0636 e. The quantitative estimate of drug-likeness (QED) is 0.638. The molecule has 0 spiro atoms. The summed E-state index contributed by atoms with van der Waals surface area (Å²) in [5.41, 5.74) is 0. The van der Waals surface area contributed by atoms with Crippen molar-refractivity contribution >= 4 is 0 Å². The SMILES string of the molecule is CC1CC1C(C)NC[C@@H](C)O. The molecule has 1 aliphatic rings. The molecule has 1 saturated carbocycles. The van der Waals surface area contributed by atoms with Gasteiger partial charge in [-0.25, -0.2) is 0 Å². The molecule has 0 heterocycles. The van der Waals surface area contributed by atoms with Crippen LogP contribution in [0.1, 0.15) is 27.2 Å². The zero-order chi connectivity index (χ0) is 8.43. The van der Waals surface area contributed by atoms with Crippen LogP contribution in [0.15, 0.2) is 0 Å². The topological polar surface area (TPSA) is 32.3 Å². The van der Waals surface area contributed by atoms with E-state index >= 15 is 0 Å². The second-order valence-electron chi connectivity index (χ2n) is 3.92. The van der Waals surface area contributed by atoms with E-state index in [0.29, 0.717) is 6.04 Å². The van der Waals surface area contributed by atoms with Crippen molar-refractivity contribution in [3.63, 3.8) is 0 Å². The summed E-state index contributed by atoms with van der Waals surface area (Å²) in [5, 5.41) is 12.3. The van der Waals surface area contributed by atoms with Crippen molar-refractivity contribution in [3.05, 3.63) is 0 Å². The van der Waals surface area contributed by atoms with Gasteiger partial charge in [0.25, 0.3) is 0 Å². The monoisotopic (exact) mass is 157 g/mol. The van der Waals surface area contributed by atoms with Crippen LogP contribution in [-0.4, -0.2) is 23.8 Å². The highest BCUT2D eigenvalue weighted by molar-refractivity contribution is 4.90. The minimum absolute atomic E-state index is 0.216. The summed E-state index contributed by atoms with van der Waals surface area (Å²) in [4.78, 5) is 0. The van der Waals surface area contributed by atoms with Crippen molar-refractivity contribution in [3.8, 4) is 0 Å². The fourth-order valence-electron chi connectivity index (χ4n) is 1.56. The number of hydrogen-bond acceptors (Lipinski definition) is 2. The maximum absolute atomic E-state index is 9.01. The highest BCUT2D eigenvalue weighted by Gasteiger charge is 2.36. The zero-order valence-electron chi connectivity index (χ0n) is 7.67. The predicted molar refractivity (Wildman–Crippen MR) is 46.4 cm³/mol. The Labute approximate surface area is 69.0 Å². The number of aliphatic hydroxyl groups is 1. The molecule has 0 saturated heterocycles. The Morgan fingerprint density at radius 1 is 1.55 bits per heavy atom. The van der Waals surface area contributed by atoms with Crippen LogP contribution >= 0.6 is 0 Å². The van der Waals surface area contributed by atoms with Crippen LogP contribution in [0.5, 0.6) is 0 Å². The van der Waals surface area contributed by atoms with E-state index < -0.39 is 0 Å². The maximum atomic E-state index is 9.01. The van der Waals surface area contributed by atoms with Gasteiger partial charge in [0.15, 0.2) is 0 Å². The van der Waals surface area contributed by atoms with E-state index in [0.717, 1.165) is 18.4 Å². The van der Waals surface area contributed by atoms with Crippen LogP contribution in [0.4, 0.5) is 0 Å². The first kappa shape index (κ1) is 9.01. The van der Waals surface area contributed by atoms with Gasteiger partial charge in [0.2, 0.25) is 0 Å². The molecule has 0 aromatic heterocycles. The Morgan fingerprint density at radius 3 is 2.45 bits per heavy atom. The van der Waals surface area contributed by atoms with Gasteiger partial charge in [0.05, 0.1) is 6.10 Å². The van der Waals surface area contributed by atoms with Gasteiger partial charge in [0.1, 0.15) is 0 Å². The van der Waals surface area contributed by atoms with E-state index in [4.69, 9.17) is 5.11 Å². The predicted octanol–water partition coefficient (Wildman–Crippen LogP) is 1.00. The molecule has 2 nitrogen and oxygen atoms in total. The summed E-state index contributed by atoms with van der Waals surface area (Å²) in [6.07, 6.45) is 1.14. The number of hydrogen-bond donors (Lipinski definition) is 2. The molecule has 2 heteroatoms. The Balaban J connectivity index is 2.07. The second-order valence-corrected chi connectivity index (χ2v) is 3.92. The lowest BCUT2D eigenvalue weighted by molar-refractivity contribution is 0.185. The molecule has 0 aromatic rings. The molecule has 2 N–H and O–H groups in total. The van der Waals surface area contributed by atoms with E-state index in [-0.39, 0.29) is 6.10 Å². The van der Waals surface area contributed by atoms with Crippen LogP contribution in [0.3, 0.4) is 0 Å². The van der Waals surface area contributed by atoms with Crippen molar-refractivity contribution in [1.82, 2.24) is 5.32 Å². The van der Waals surface area contributed by atoms with Gasteiger partial charge in [0, 0.05) is 12.6 Å². The highest BCUT2D eigenvalue weighted by atomic mass is 16.3. The van der Waals surface area contributed by atoms with E-state index in [9.17, 15) is 0 Å². The molecular formula is C9H19NO. The number of nitrogens with one attached hydrogen (secondary N) is 1. The van der Waals surface area contributed by atoms with Gasteiger partial charge in [-0.1, -0.05) is 6.92 Å². The van der Waals surface area contributed by atoms with Crippen molar-refractivity contribution in [2.75, 3.05) is 6.54 Å². The van der Waals surface area contributed by atoms with Gasteiger partial charge in [-0.3, -0.25) is 0 Å². The second kappa shape index (κ2) is 3.55. The molecule has 0 radical (unpaired) electrons. The lowest BCUT2D eigenvalue weighted by atomic mass is 10.2. The average molecular weight is 157 g/mol. The van der Waals surface area contributed by atoms with Crippen molar-refractivity contribution < 1.29 is 5.11 Å². The summed E-state index contributed by atoms with van der Waals surface area (Å²) < 4.78 is 0. The van der Waals surface area contributed by atoms with E-state index in [1.165, 1.54) is 6.42 Å². The standard InChI is InChI=1S/C9H19NO/c1-6-4-9(6)8(3)10-5-7(2)11/h6-11H,4-5H2,1-3H3/t6?,7-,8?,9?/m1/s1. The lowest BCUT2D eigenvalue weighted by Gasteiger charge is -2.14. The third kappa shape index (κ3) is 2.80. The normalized spacial score (nSPS) is 34.9. The molecule has 1 aliphatic carbocycles. The fourth-order valence-corrected chi connectivity index (χ4v) is 1.56. The summed E-state index contributed by atoms with van der Waals surface area (Å²) in [6.45, 7) is 7.03. The van der Waals surface area contributed by atoms with Crippen LogP contribution in [0.2, 0.25) is 0 Å². The van der Waals surface area contributed by atoms with E-state index in [1.54, 1.807) is 0 Å². The number of rotatable bonds is 4. The smallest absolute Gasteiger partial charge is 0.0636 e. The summed E-state index contributed by atoms with van der Waals surface area (Å²) in [5.74, 6) is 1.75. The Kier molecular flexibility index (Phi) is 2.90. The zero-order valence-corrected chi connectivity index (χ0v) is 7.67. The number of aliphatic hydroxyl groups excluding tert-OH is 1. The molecule has 3 unspecified atom stereocenters. The summed E-state index contributed by atoms with van der Waals surface area (Å²) >= 11 is 0. The minimum Gasteiger partial charge on any atom is -0.392 e. The van der Waals surface area contributed by atoms with Crippen LogP contribution in [0, 0.1) is 11.8 Å². The van der Waals surface area contributed by atoms with Gasteiger partial charge in [-0.15, -0.1) is 0 Å². The first-order valence-electron chi connectivity index (χ1n) is 4.52. The van der Waals surface area contributed by atoms with Gasteiger partial charge >= 0.3 is 0 Å². The average Bonchev–Trinajstić information content (AvgIpc) is 2.61. The molecule has 0 bridgehead atoms. The van der Waals surface area contributed by atoms with Crippen LogP contribution < -0.4 is 5.32 Å². The molecule has 4 atom stereocenters. The van der Waals surface area contributed by atoms with Crippen molar-refractivity contribution in [2.24, 2.45) is 11.8 Å². The molecule has 11 heavy (non-hydrogen) atoms. The van der Waals surface area contributed by atoms with Crippen molar-refractivity contribution in [2.45, 2.75) is 39.3 Å². The first-order valence-corrected chi connectivity index (χ1v) is 4.52. The third-order valence-corrected chi connectivity index (χ3v) is 2.55. The molecule has 1 fully saturated rings. The lowest BCUT2D eigenvalue weighted by Crippen LogP contribution is -2.34. The summed E-state index contributed by atoms with van der Waals surface area (Å²) in [6, 6.07) is 0.583. The van der Waals surface area contributed by atoms with E-state index in [2.05, 4.69) is 19.2 Å². The summed E-state index contributed by atoms with van der Waals surface area (Å²) in [7, 11) is 0. The molecular weight excluding hydrogens is 138 g/mol. The Morgan fingerprint density at radius 2 is 2.09 bits per heavy atom. The van der Waals surface area contributed by atoms with Crippen LogP contribution in [-0.2, 0) is 0 Å². The van der Waals surface area contributed by atoms with Gasteiger partial charge in [-0.2, -0.15) is 0 Å².